The van der Waals surface area contributed by atoms with E-state index in [1.807, 2.05) is 0 Å². The number of hydrogen-bond acceptors (Lipinski definition) is 3. The maximum absolute atomic E-state index is 12.6. The molecule has 100 valence electrons. The van der Waals surface area contributed by atoms with Gasteiger partial charge >= 0.3 is 5.51 Å². The normalized spacial score (nSPS) is 11.4. The Hall–Kier alpha value is -1.69. The summed E-state index contributed by atoms with van der Waals surface area (Å²) in [7, 11) is 1.42. The van der Waals surface area contributed by atoms with Crippen molar-refractivity contribution >= 4 is 11.8 Å². The van der Waals surface area contributed by atoms with Gasteiger partial charge in [0.25, 0.3) is 0 Å². The first-order valence-electron chi connectivity index (χ1n) is 5.35. The summed E-state index contributed by atoms with van der Waals surface area (Å²) in [6.07, 6.45) is 1.53. The fourth-order valence-corrected chi connectivity index (χ4v) is 2.36. The molecular formula is C13H10F3NOS. The maximum Gasteiger partial charge on any atom is 0.446 e. The first-order valence-corrected chi connectivity index (χ1v) is 6.17. The number of nitrogens with zero attached hydrogens (tertiary/aromatic N) is 1. The van der Waals surface area contributed by atoms with Crippen LogP contribution < -0.4 is 4.74 Å². The third-order valence-electron chi connectivity index (χ3n) is 2.35. The standard InChI is InChI=1S/C13H10F3NOS/c1-18-10-6-4-7-11(19-13(14,15)16)12(10)9-5-2-3-8-17-9/h2-8H,1H3. The summed E-state index contributed by atoms with van der Waals surface area (Å²) in [6.45, 7) is 0. The van der Waals surface area contributed by atoms with Crippen LogP contribution in [0.25, 0.3) is 11.3 Å². The zero-order valence-electron chi connectivity index (χ0n) is 9.94. The first kappa shape index (κ1) is 13.7. The van der Waals surface area contributed by atoms with Crippen molar-refractivity contribution < 1.29 is 17.9 Å². The lowest BCUT2D eigenvalue weighted by Crippen LogP contribution is -2.01. The number of alkyl halides is 3. The molecule has 0 amide bonds. The molecule has 1 aromatic carbocycles. The molecule has 0 radical (unpaired) electrons. The van der Waals surface area contributed by atoms with Gasteiger partial charge in [0.05, 0.1) is 18.4 Å². The van der Waals surface area contributed by atoms with Crippen LogP contribution in [0.15, 0.2) is 47.5 Å². The average molecular weight is 285 g/mol. The van der Waals surface area contributed by atoms with E-state index in [0.29, 0.717) is 17.0 Å². The molecule has 0 aliphatic carbocycles. The van der Waals surface area contributed by atoms with Crippen molar-refractivity contribution in [3.05, 3.63) is 42.6 Å². The van der Waals surface area contributed by atoms with E-state index in [1.165, 1.54) is 25.4 Å². The number of methoxy groups -OCH3 is 1. The van der Waals surface area contributed by atoms with Gasteiger partial charge in [-0.2, -0.15) is 13.2 Å². The van der Waals surface area contributed by atoms with Gasteiger partial charge in [0.15, 0.2) is 0 Å². The predicted octanol–water partition coefficient (Wildman–Crippen LogP) is 4.37. The van der Waals surface area contributed by atoms with Gasteiger partial charge in [-0.25, -0.2) is 0 Å². The molecule has 1 aromatic heterocycles. The van der Waals surface area contributed by atoms with E-state index in [0.717, 1.165) is 0 Å². The van der Waals surface area contributed by atoms with Crippen molar-refractivity contribution in [2.24, 2.45) is 0 Å². The van der Waals surface area contributed by atoms with Crippen molar-refractivity contribution in [3.63, 3.8) is 0 Å². The zero-order chi connectivity index (χ0) is 13.9. The number of benzene rings is 1. The molecule has 0 unspecified atom stereocenters. The summed E-state index contributed by atoms with van der Waals surface area (Å²) in [5.41, 5.74) is -3.55. The molecular weight excluding hydrogens is 275 g/mol. The lowest BCUT2D eigenvalue weighted by molar-refractivity contribution is -0.0327. The number of halogens is 3. The highest BCUT2D eigenvalue weighted by Crippen LogP contribution is 2.44. The Balaban J connectivity index is 2.56. The van der Waals surface area contributed by atoms with E-state index in [9.17, 15) is 13.2 Å². The minimum Gasteiger partial charge on any atom is -0.496 e. The van der Waals surface area contributed by atoms with Gasteiger partial charge in [0.1, 0.15) is 5.75 Å². The fourth-order valence-electron chi connectivity index (χ4n) is 1.65. The fraction of sp³-hybridized carbons (Fsp3) is 0.154. The van der Waals surface area contributed by atoms with Gasteiger partial charge in [-0.1, -0.05) is 12.1 Å². The van der Waals surface area contributed by atoms with Gasteiger partial charge < -0.3 is 4.74 Å². The number of pyridine rings is 1. The molecule has 0 N–H and O–H groups in total. The topological polar surface area (TPSA) is 22.1 Å². The summed E-state index contributed by atoms with van der Waals surface area (Å²) >= 11 is -0.168. The van der Waals surface area contributed by atoms with E-state index in [2.05, 4.69) is 4.98 Å². The van der Waals surface area contributed by atoms with Crippen LogP contribution in [0.5, 0.6) is 5.75 Å². The monoisotopic (exact) mass is 285 g/mol. The van der Waals surface area contributed by atoms with E-state index < -0.39 is 5.51 Å². The summed E-state index contributed by atoms with van der Waals surface area (Å²) in [4.78, 5) is 4.16. The molecule has 0 atom stereocenters. The molecule has 2 aromatic rings. The third kappa shape index (κ3) is 3.41. The van der Waals surface area contributed by atoms with Gasteiger partial charge in [-0.15, -0.1) is 0 Å². The van der Waals surface area contributed by atoms with Gasteiger partial charge in [-0.05, 0) is 36.0 Å². The third-order valence-corrected chi connectivity index (χ3v) is 3.15. The van der Waals surface area contributed by atoms with E-state index >= 15 is 0 Å². The van der Waals surface area contributed by atoms with Crippen molar-refractivity contribution in [3.8, 4) is 17.0 Å². The van der Waals surface area contributed by atoms with Crippen LogP contribution in [0.2, 0.25) is 0 Å². The molecule has 1 heterocycles. The van der Waals surface area contributed by atoms with Crippen LogP contribution in [0.4, 0.5) is 13.2 Å². The molecule has 0 fully saturated rings. The summed E-state index contributed by atoms with van der Waals surface area (Å²) in [5, 5.41) is 0. The molecule has 6 heteroatoms. The Morgan fingerprint density at radius 3 is 2.47 bits per heavy atom. The Kier molecular flexibility index (Phi) is 3.99. The number of aromatic nitrogens is 1. The van der Waals surface area contributed by atoms with Crippen molar-refractivity contribution in [2.45, 2.75) is 10.4 Å². The molecule has 2 rings (SSSR count). The van der Waals surface area contributed by atoms with Crippen LogP contribution in [-0.2, 0) is 0 Å². The van der Waals surface area contributed by atoms with E-state index in [4.69, 9.17) is 4.74 Å². The number of ether oxygens (including phenoxy) is 1. The lowest BCUT2D eigenvalue weighted by atomic mass is 10.1. The SMILES string of the molecule is COc1cccc(SC(F)(F)F)c1-c1ccccn1. The number of thioether (sulfide) groups is 1. The second-order valence-corrected chi connectivity index (χ2v) is 4.70. The second-order valence-electron chi connectivity index (χ2n) is 3.60. The van der Waals surface area contributed by atoms with Crippen molar-refractivity contribution in [2.75, 3.05) is 7.11 Å². The molecule has 2 nitrogen and oxygen atoms in total. The lowest BCUT2D eigenvalue weighted by Gasteiger charge is -2.14. The summed E-state index contributed by atoms with van der Waals surface area (Å²) in [6, 6.07) is 9.62. The summed E-state index contributed by atoms with van der Waals surface area (Å²) in [5.74, 6) is 0.368. The van der Waals surface area contributed by atoms with Crippen LogP contribution >= 0.6 is 11.8 Å². The average Bonchev–Trinajstić information content (AvgIpc) is 2.37. The van der Waals surface area contributed by atoms with Crippen LogP contribution in [-0.4, -0.2) is 17.6 Å². The van der Waals surface area contributed by atoms with Gasteiger partial charge in [0.2, 0.25) is 0 Å². The Labute approximate surface area is 112 Å². The quantitative estimate of drug-likeness (QED) is 0.782. The minimum atomic E-state index is -4.35. The molecule has 0 saturated carbocycles. The Bertz CT molecular complexity index is 558. The largest absolute Gasteiger partial charge is 0.496 e. The highest BCUT2D eigenvalue weighted by atomic mass is 32.2. The van der Waals surface area contributed by atoms with Gasteiger partial charge in [-0.3, -0.25) is 4.98 Å². The van der Waals surface area contributed by atoms with Crippen LogP contribution in [0.3, 0.4) is 0 Å². The Morgan fingerprint density at radius 2 is 1.89 bits per heavy atom. The zero-order valence-corrected chi connectivity index (χ0v) is 10.8. The van der Waals surface area contributed by atoms with Crippen molar-refractivity contribution in [1.82, 2.24) is 4.98 Å². The predicted molar refractivity (Wildman–Crippen MR) is 68.1 cm³/mol. The maximum atomic E-state index is 12.6. The summed E-state index contributed by atoms with van der Waals surface area (Å²) < 4.78 is 42.9. The van der Waals surface area contributed by atoms with Crippen LogP contribution in [0, 0.1) is 0 Å². The number of rotatable bonds is 3. The number of hydrogen-bond donors (Lipinski definition) is 0. The molecule has 0 saturated heterocycles. The molecule has 19 heavy (non-hydrogen) atoms. The van der Waals surface area contributed by atoms with E-state index in [1.54, 1.807) is 24.3 Å². The molecule has 0 aliphatic heterocycles. The molecule has 0 aliphatic rings. The van der Waals surface area contributed by atoms with Crippen molar-refractivity contribution in [1.29, 1.82) is 0 Å². The Morgan fingerprint density at radius 1 is 1.11 bits per heavy atom. The highest BCUT2D eigenvalue weighted by Gasteiger charge is 2.31. The first-order chi connectivity index (χ1) is 9.01. The minimum absolute atomic E-state index is 0.0746. The smallest absolute Gasteiger partial charge is 0.446 e. The van der Waals surface area contributed by atoms with Crippen LogP contribution in [0.1, 0.15) is 0 Å². The highest BCUT2D eigenvalue weighted by molar-refractivity contribution is 8.00. The van der Waals surface area contributed by atoms with Gasteiger partial charge in [0, 0.05) is 11.1 Å². The second kappa shape index (κ2) is 5.52. The molecule has 0 spiro atoms. The van der Waals surface area contributed by atoms with E-state index in [-0.39, 0.29) is 16.7 Å². The molecule has 0 bridgehead atoms.